The standard InChI is InChI=1S/C10H8N2O2.ClH/c11-5-7-1-3-8(4-2-7)9-6-14-10(13)12-9;/h1-4,9H,6H2,(H,12,13);1H/t9-;/m1./s1. The van der Waals surface area contributed by atoms with Gasteiger partial charge in [0.1, 0.15) is 6.61 Å². The first kappa shape index (κ1) is 11.3. The minimum Gasteiger partial charge on any atom is -0.447 e. The Hall–Kier alpha value is -1.73. The zero-order valence-electron chi connectivity index (χ0n) is 7.77. The molecule has 1 saturated heterocycles. The molecule has 5 heteroatoms. The third-order valence-corrected chi connectivity index (χ3v) is 2.12. The Morgan fingerprint density at radius 3 is 2.53 bits per heavy atom. The number of hydrogen-bond acceptors (Lipinski definition) is 3. The van der Waals surface area contributed by atoms with Gasteiger partial charge in [0.25, 0.3) is 0 Å². The van der Waals surface area contributed by atoms with Crippen LogP contribution in [-0.4, -0.2) is 12.7 Å². The SMILES string of the molecule is Cl.N#Cc1ccc([C@H]2COC(=O)N2)cc1. The molecule has 0 saturated carbocycles. The number of carbonyl (C=O) groups is 1. The van der Waals surface area contributed by atoms with Gasteiger partial charge in [-0.15, -0.1) is 12.4 Å². The molecular weight excluding hydrogens is 216 g/mol. The summed E-state index contributed by atoms with van der Waals surface area (Å²) in [4.78, 5) is 10.8. The van der Waals surface area contributed by atoms with Crippen molar-refractivity contribution in [2.75, 3.05) is 6.61 Å². The van der Waals surface area contributed by atoms with Gasteiger partial charge in [0.2, 0.25) is 0 Å². The van der Waals surface area contributed by atoms with E-state index in [2.05, 4.69) is 5.32 Å². The van der Waals surface area contributed by atoms with Gasteiger partial charge in [-0.3, -0.25) is 0 Å². The minimum atomic E-state index is -0.389. The van der Waals surface area contributed by atoms with Crippen LogP contribution in [-0.2, 0) is 4.74 Å². The van der Waals surface area contributed by atoms with Crippen molar-refractivity contribution in [2.45, 2.75) is 6.04 Å². The maximum Gasteiger partial charge on any atom is 0.407 e. The van der Waals surface area contributed by atoms with Crippen molar-refractivity contribution in [2.24, 2.45) is 0 Å². The molecule has 1 aliphatic heterocycles. The number of hydrogen-bond donors (Lipinski definition) is 1. The van der Waals surface area contributed by atoms with Gasteiger partial charge < -0.3 is 10.1 Å². The highest BCUT2D eigenvalue weighted by molar-refractivity contribution is 5.85. The molecule has 1 amide bonds. The fourth-order valence-corrected chi connectivity index (χ4v) is 1.35. The Morgan fingerprint density at radius 1 is 1.40 bits per heavy atom. The van der Waals surface area contributed by atoms with E-state index in [0.29, 0.717) is 12.2 Å². The first-order valence-electron chi connectivity index (χ1n) is 4.23. The lowest BCUT2D eigenvalue weighted by molar-refractivity contribution is 0.177. The van der Waals surface area contributed by atoms with Crippen LogP contribution in [0.1, 0.15) is 17.2 Å². The van der Waals surface area contributed by atoms with Crippen LogP contribution >= 0.6 is 12.4 Å². The number of benzene rings is 1. The molecule has 78 valence electrons. The molecule has 1 aromatic rings. The average molecular weight is 225 g/mol. The van der Waals surface area contributed by atoms with Gasteiger partial charge in [0.15, 0.2) is 0 Å². The predicted octanol–water partition coefficient (Wildman–Crippen LogP) is 1.76. The summed E-state index contributed by atoms with van der Waals surface area (Å²) >= 11 is 0. The number of cyclic esters (lactones) is 1. The summed E-state index contributed by atoms with van der Waals surface area (Å²) < 4.78 is 4.76. The Bertz CT molecular complexity index is 397. The highest BCUT2D eigenvalue weighted by atomic mass is 35.5. The van der Waals surface area contributed by atoms with Gasteiger partial charge in [0, 0.05) is 0 Å². The minimum absolute atomic E-state index is 0. The zero-order chi connectivity index (χ0) is 9.97. The number of rotatable bonds is 1. The van der Waals surface area contributed by atoms with Crippen LogP contribution in [0.15, 0.2) is 24.3 Å². The average Bonchev–Trinajstić information content (AvgIpc) is 2.65. The molecule has 1 aromatic carbocycles. The lowest BCUT2D eigenvalue weighted by Gasteiger charge is -2.06. The van der Waals surface area contributed by atoms with Gasteiger partial charge in [-0.2, -0.15) is 5.26 Å². The van der Waals surface area contributed by atoms with Crippen molar-refractivity contribution in [3.05, 3.63) is 35.4 Å². The van der Waals surface area contributed by atoms with Crippen LogP contribution in [0, 0.1) is 11.3 Å². The molecular formula is C10H9ClN2O2. The maximum atomic E-state index is 10.8. The van der Waals surface area contributed by atoms with Crippen molar-refractivity contribution in [3.63, 3.8) is 0 Å². The predicted molar refractivity (Wildman–Crippen MR) is 55.6 cm³/mol. The van der Waals surface area contributed by atoms with Crippen LogP contribution in [0.2, 0.25) is 0 Å². The van der Waals surface area contributed by atoms with E-state index >= 15 is 0 Å². The second-order valence-electron chi connectivity index (χ2n) is 3.03. The van der Waals surface area contributed by atoms with Gasteiger partial charge in [-0.05, 0) is 17.7 Å². The molecule has 0 bridgehead atoms. The van der Waals surface area contributed by atoms with Gasteiger partial charge in [0.05, 0.1) is 17.7 Å². The fraction of sp³-hybridized carbons (Fsp3) is 0.200. The number of carbonyl (C=O) groups excluding carboxylic acids is 1. The van der Waals surface area contributed by atoms with Crippen LogP contribution in [0.5, 0.6) is 0 Å². The molecule has 1 heterocycles. The van der Waals surface area contributed by atoms with Crippen LogP contribution < -0.4 is 5.32 Å². The van der Waals surface area contributed by atoms with Crippen molar-refractivity contribution < 1.29 is 9.53 Å². The molecule has 4 nitrogen and oxygen atoms in total. The number of nitrogens with one attached hydrogen (secondary N) is 1. The fourth-order valence-electron chi connectivity index (χ4n) is 1.35. The van der Waals surface area contributed by atoms with Crippen LogP contribution in [0.25, 0.3) is 0 Å². The summed E-state index contributed by atoms with van der Waals surface area (Å²) in [7, 11) is 0. The number of alkyl carbamates (subject to hydrolysis) is 1. The molecule has 1 fully saturated rings. The molecule has 0 unspecified atom stereocenters. The van der Waals surface area contributed by atoms with Crippen molar-refractivity contribution >= 4 is 18.5 Å². The number of halogens is 1. The zero-order valence-corrected chi connectivity index (χ0v) is 8.58. The molecule has 1 N–H and O–H groups in total. The highest BCUT2D eigenvalue weighted by Gasteiger charge is 2.23. The monoisotopic (exact) mass is 224 g/mol. The summed E-state index contributed by atoms with van der Waals surface area (Å²) in [6, 6.07) is 9.03. The van der Waals surface area contributed by atoms with E-state index in [-0.39, 0.29) is 24.5 Å². The number of ether oxygens (including phenoxy) is 1. The van der Waals surface area contributed by atoms with Crippen LogP contribution in [0.3, 0.4) is 0 Å². The van der Waals surface area contributed by atoms with E-state index in [1.54, 1.807) is 12.1 Å². The Morgan fingerprint density at radius 2 is 2.07 bits per heavy atom. The Kier molecular flexibility index (Phi) is 3.53. The summed E-state index contributed by atoms with van der Waals surface area (Å²) in [5.74, 6) is 0. The molecule has 1 atom stereocenters. The normalized spacial score (nSPS) is 18.3. The molecule has 0 aliphatic carbocycles. The smallest absolute Gasteiger partial charge is 0.407 e. The van der Waals surface area contributed by atoms with E-state index in [1.807, 2.05) is 18.2 Å². The highest BCUT2D eigenvalue weighted by Crippen LogP contribution is 2.18. The quantitative estimate of drug-likeness (QED) is 0.791. The lowest BCUT2D eigenvalue weighted by Crippen LogP contribution is -2.18. The van der Waals surface area contributed by atoms with Crippen LogP contribution in [0.4, 0.5) is 4.79 Å². The summed E-state index contributed by atoms with van der Waals surface area (Å²) in [5.41, 5.74) is 1.56. The third kappa shape index (κ3) is 2.39. The number of nitriles is 1. The second kappa shape index (κ2) is 4.67. The molecule has 1 aliphatic rings. The molecule has 0 spiro atoms. The molecule has 15 heavy (non-hydrogen) atoms. The maximum absolute atomic E-state index is 10.8. The van der Waals surface area contributed by atoms with E-state index in [9.17, 15) is 4.79 Å². The van der Waals surface area contributed by atoms with E-state index in [1.165, 1.54) is 0 Å². The lowest BCUT2D eigenvalue weighted by atomic mass is 10.1. The largest absolute Gasteiger partial charge is 0.447 e. The van der Waals surface area contributed by atoms with E-state index < -0.39 is 0 Å². The Balaban J connectivity index is 0.00000112. The summed E-state index contributed by atoms with van der Waals surface area (Å²) in [5, 5.41) is 11.3. The number of amides is 1. The first-order chi connectivity index (χ1) is 6.79. The summed E-state index contributed by atoms with van der Waals surface area (Å²) in [6.45, 7) is 0.352. The van der Waals surface area contributed by atoms with Gasteiger partial charge >= 0.3 is 6.09 Å². The van der Waals surface area contributed by atoms with Gasteiger partial charge in [-0.1, -0.05) is 12.1 Å². The van der Waals surface area contributed by atoms with Crippen molar-refractivity contribution in [1.82, 2.24) is 5.32 Å². The Labute approximate surface area is 93.3 Å². The molecule has 0 aromatic heterocycles. The van der Waals surface area contributed by atoms with E-state index in [0.717, 1.165) is 5.56 Å². The van der Waals surface area contributed by atoms with Gasteiger partial charge in [-0.25, -0.2) is 4.79 Å². The third-order valence-electron chi connectivity index (χ3n) is 2.12. The van der Waals surface area contributed by atoms with Crippen molar-refractivity contribution in [3.8, 4) is 6.07 Å². The van der Waals surface area contributed by atoms with E-state index in [4.69, 9.17) is 10.00 Å². The van der Waals surface area contributed by atoms with Crippen molar-refractivity contribution in [1.29, 1.82) is 5.26 Å². The summed E-state index contributed by atoms with van der Waals surface area (Å²) in [6.07, 6.45) is -0.389. The second-order valence-corrected chi connectivity index (χ2v) is 3.03. The number of nitrogens with zero attached hydrogens (tertiary/aromatic N) is 1. The topological polar surface area (TPSA) is 62.1 Å². The molecule has 0 radical (unpaired) electrons. The molecule has 2 rings (SSSR count). The first-order valence-corrected chi connectivity index (χ1v) is 4.23.